The Hall–Kier alpha value is -3.48. The zero-order chi connectivity index (χ0) is 22.9. The van der Waals surface area contributed by atoms with Crippen molar-refractivity contribution in [2.24, 2.45) is 5.92 Å². The molecule has 1 aliphatic heterocycles. The van der Waals surface area contributed by atoms with Crippen molar-refractivity contribution in [3.05, 3.63) is 54.1 Å². The van der Waals surface area contributed by atoms with Crippen LogP contribution in [0.3, 0.4) is 0 Å². The normalized spacial score (nSPS) is 16.5. The molecule has 5 rings (SSSR count). The smallest absolute Gasteiger partial charge is 0.227 e. The molecule has 2 aromatic carbocycles. The minimum absolute atomic E-state index is 0.0270. The maximum absolute atomic E-state index is 13.1. The van der Waals surface area contributed by atoms with Gasteiger partial charge in [0.05, 0.1) is 11.4 Å². The van der Waals surface area contributed by atoms with Gasteiger partial charge in [-0.15, -0.1) is 10.2 Å². The van der Waals surface area contributed by atoms with Crippen molar-refractivity contribution < 1.29 is 4.79 Å². The molecular formula is C26H30N6O. The van der Waals surface area contributed by atoms with Gasteiger partial charge in [-0.25, -0.2) is 9.38 Å². The van der Waals surface area contributed by atoms with Crippen molar-refractivity contribution in [2.75, 3.05) is 31.1 Å². The quantitative estimate of drug-likeness (QED) is 0.460. The van der Waals surface area contributed by atoms with Crippen molar-refractivity contribution in [1.29, 1.82) is 0 Å². The average molecular weight is 443 g/mol. The number of aromatic nitrogens is 4. The Labute approximate surface area is 194 Å². The third-order valence-electron chi connectivity index (χ3n) is 6.64. The number of nitrogens with zero attached hydrogens (tertiary/aromatic N) is 6. The first-order valence-electron chi connectivity index (χ1n) is 11.8. The Morgan fingerprint density at radius 3 is 2.64 bits per heavy atom. The molecule has 33 heavy (non-hydrogen) atoms. The van der Waals surface area contributed by atoms with Gasteiger partial charge in [-0.1, -0.05) is 42.0 Å². The summed E-state index contributed by atoms with van der Waals surface area (Å²) in [5, 5.41) is 10.2. The number of rotatable bonds is 5. The SMILES string of the molecule is CCN(CC)C(=O)C1CCCN(c2nc3ccc(C)cc3c3nnc(-c4ccccc4)n23)C1. The van der Waals surface area contributed by atoms with Crippen LogP contribution in [0.2, 0.25) is 0 Å². The van der Waals surface area contributed by atoms with Crippen LogP contribution in [0.1, 0.15) is 32.3 Å². The van der Waals surface area contributed by atoms with Crippen LogP contribution in [0, 0.1) is 12.8 Å². The molecule has 0 N–H and O–H groups in total. The van der Waals surface area contributed by atoms with Gasteiger partial charge in [0.2, 0.25) is 11.9 Å². The van der Waals surface area contributed by atoms with Crippen molar-refractivity contribution >= 4 is 28.4 Å². The van der Waals surface area contributed by atoms with E-state index in [0.29, 0.717) is 6.54 Å². The summed E-state index contributed by atoms with van der Waals surface area (Å²) in [5.41, 5.74) is 3.85. The maximum atomic E-state index is 13.1. The Morgan fingerprint density at radius 1 is 1.09 bits per heavy atom. The second kappa shape index (κ2) is 8.81. The molecule has 1 saturated heterocycles. The van der Waals surface area contributed by atoms with E-state index in [9.17, 15) is 4.79 Å². The highest BCUT2D eigenvalue weighted by atomic mass is 16.2. The predicted molar refractivity (Wildman–Crippen MR) is 131 cm³/mol. The third kappa shape index (κ3) is 3.81. The van der Waals surface area contributed by atoms with Gasteiger partial charge in [0.25, 0.3) is 0 Å². The number of fused-ring (bicyclic) bond motifs is 3. The first kappa shape index (κ1) is 21.4. The molecule has 1 amide bonds. The molecule has 2 aromatic heterocycles. The number of hydrogen-bond donors (Lipinski definition) is 0. The molecule has 0 aliphatic carbocycles. The largest absolute Gasteiger partial charge is 0.343 e. The van der Waals surface area contributed by atoms with Gasteiger partial charge in [-0.3, -0.25) is 4.79 Å². The van der Waals surface area contributed by atoms with E-state index in [1.54, 1.807) is 0 Å². The minimum atomic E-state index is -0.0270. The minimum Gasteiger partial charge on any atom is -0.343 e. The predicted octanol–water partition coefficient (Wildman–Crippen LogP) is 4.34. The molecule has 1 unspecified atom stereocenters. The second-order valence-electron chi connectivity index (χ2n) is 8.78. The summed E-state index contributed by atoms with van der Waals surface area (Å²) in [6, 6.07) is 16.4. The van der Waals surface area contributed by atoms with Crippen LogP contribution in [0.25, 0.3) is 27.9 Å². The zero-order valence-electron chi connectivity index (χ0n) is 19.5. The second-order valence-corrected chi connectivity index (χ2v) is 8.78. The summed E-state index contributed by atoms with van der Waals surface area (Å²) in [6.07, 6.45) is 1.87. The van der Waals surface area contributed by atoms with E-state index in [1.165, 1.54) is 0 Å². The highest BCUT2D eigenvalue weighted by molar-refractivity contribution is 5.94. The van der Waals surface area contributed by atoms with Gasteiger partial charge in [0.1, 0.15) is 0 Å². The summed E-state index contributed by atoms with van der Waals surface area (Å²) in [5.74, 6) is 1.79. The summed E-state index contributed by atoms with van der Waals surface area (Å²) < 4.78 is 2.07. The lowest BCUT2D eigenvalue weighted by atomic mass is 9.96. The van der Waals surface area contributed by atoms with Crippen LogP contribution in [0.4, 0.5) is 5.95 Å². The molecule has 7 nitrogen and oxygen atoms in total. The zero-order valence-corrected chi connectivity index (χ0v) is 19.5. The fraction of sp³-hybridized carbons (Fsp3) is 0.385. The lowest BCUT2D eigenvalue weighted by Crippen LogP contribution is -2.45. The Balaban J connectivity index is 1.65. The molecule has 3 heterocycles. The Morgan fingerprint density at radius 2 is 1.88 bits per heavy atom. The topological polar surface area (TPSA) is 66.6 Å². The van der Waals surface area contributed by atoms with Gasteiger partial charge in [0, 0.05) is 37.1 Å². The number of carbonyl (C=O) groups is 1. The molecule has 1 fully saturated rings. The number of aryl methyl sites for hydroxylation is 1. The molecule has 0 bridgehead atoms. The molecule has 1 atom stereocenters. The van der Waals surface area contributed by atoms with Gasteiger partial charge in [0.15, 0.2) is 11.5 Å². The first-order chi connectivity index (χ1) is 16.1. The Bertz CT molecular complexity index is 1290. The number of benzene rings is 2. The Kier molecular flexibility index (Phi) is 5.70. The lowest BCUT2D eigenvalue weighted by molar-refractivity contribution is -0.135. The van der Waals surface area contributed by atoms with Crippen molar-refractivity contribution in [1.82, 2.24) is 24.5 Å². The third-order valence-corrected chi connectivity index (χ3v) is 6.64. The number of piperidine rings is 1. The summed E-state index contributed by atoms with van der Waals surface area (Å²) >= 11 is 0. The van der Waals surface area contributed by atoms with Gasteiger partial charge >= 0.3 is 0 Å². The fourth-order valence-electron chi connectivity index (χ4n) is 4.87. The van der Waals surface area contributed by atoms with E-state index in [-0.39, 0.29) is 11.8 Å². The van der Waals surface area contributed by atoms with Crippen LogP contribution >= 0.6 is 0 Å². The van der Waals surface area contributed by atoms with E-state index in [2.05, 4.69) is 38.6 Å². The summed E-state index contributed by atoms with van der Waals surface area (Å²) in [6.45, 7) is 9.16. The van der Waals surface area contributed by atoms with E-state index in [0.717, 1.165) is 71.9 Å². The molecular weight excluding hydrogens is 412 g/mol. The first-order valence-corrected chi connectivity index (χ1v) is 11.8. The van der Waals surface area contributed by atoms with Crippen molar-refractivity contribution in [2.45, 2.75) is 33.6 Å². The van der Waals surface area contributed by atoms with Crippen LogP contribution in [-0.2, 0) is 4.79 Å². The van der Waals surface area contributed by atoms with Gasteiger partial charge < -0.3 is 9.80 Å². The molecule has 0 spiro atoms. The monoisotopic (exact) mass is 442 g/mol. The molecule has 7 heteroatoms. The molecule has 170 valence electrons. The fourth-order valence-corrected chi connectivity index (χ4v) is 4.87. The molecule has 0 radical (unpaired) electrons. The van der Waals surface area contributed by atoms with Crippen LogP contribution < -0.4 is 4.90 Å². The van der Waals surface area contributed by atoms with Gasteiger partial charge in [-0.2, -0.15) is 0 Å². The molecule has 1 aliphatic rings. The van der Waals surface area contributed by atoms with Gasteiger partial charge in [-0.05, 0) is 45.7 Å². The molecule has 0 saturated carbocycles. The number of carbonyl (C=O) groups excluding carboxylic acids is 1. The average Bonchev–Trinajstić information content (AvgIpc) is 3.30. The molecule has 4 aromatic rings. The van der Waals surface area contributed by atoms with Crippen molar-refractivity contribution in [3.63, 3.8) is 0 Å². The number of amides is 1. The highest BCUT2D eigenvalue weighted by Gasteiger charge is 2.31. The van der Waals surface area contributed by atoms with E-state index >= 15 is 0 Å². The van der Waals surface area contributed by atoms with E-state index in [1.807, 2.05) is 55.1 Å². The number of hydrogen-bond acceptors (Lipinski definition) is 5. The van der Waals surface area contributed by atoms with Crippen LogP contribution in [0.15, 0.2) is 48.5 Å². The van der Waals surface area contributed by atoms with Crippen LogP contribution in [0.5, 0.6) is 0 Å². The number of anilines is 1. The lowest BCUT2D eigenvalue weighted by Gasteiger charge is -2.35. The maximum Gasteiger partial charge on any atom is 0.227 e. The van der Waals surface area contributed by atoms with E-state index < -0.39 is 0 Å². The highest BCUT2D eigenvalue weighted by Crippen LogP contribution is 2.31. The summed E-state index contributed by atoms with van der Waals surface area (Å²) in [7, 11) is 0. The van der Waals surface area contributed by atoms with Crippen LogP contribution in [-0.4, -0.2) is 56.6 Å². The standard InChI is InChI=1S/C26H30N6O/c1-4-30(5-2)25(33)20-12-9-15-31(17-20)26-27-22-14-13-18(3)16-21(22)24-29-28-23(32(24)26)19-10-7-6-8-11-19/h6-8,10-11,13-14,16,20H,4-5,9,12,15,17H2,1-3H3. The van der Waals surface area contributed by atoms with E-state index in [4.69, 9.17) is 4.98 Å². The van der Waals surface area contributed by atoms with Crippen molar-refractivity contribution in [3.8, 4) is 11.4 Å². The summed E-state index contributed by atoms with van der Waals surface area (Å²) in [4.78, 5) is 22.4.